The van der Waals surface area contributed by atoms with Crippen molar-refractivity contribution >= 4 is 50.9 Å². The molecule has 2 amide bonds. The van der Waals surface area contributed by atoms with E-state index in [1.807, 2.05) is 0 Å². The molecule has 0 aliphatic rings. The molecule has 2 aromatic rings. The van der Waals surface area contributed by atoms with Crippen LogP contribution in [0.25, 0.3) is 6.08 Å². The predicted molar refractivity (Wildman–Crippen MR) is 113 cm³/mol. The summed E-state index contributed by atoms with van der Waals surface area (Å²) in [5.74, 6) is -0.556. The normalized spacial score (nSPS) is 11.3. The van der Waals surface area contributed by atoms with Gasteiger partial charge >= 0.3 is 0 Å². The van der Waals surface area contributed by atoms with Crippen LogP contribution >= 0.6 is 11.6 Å². The predicted octanol–water partition coefficient (Wildman–Crippen LogP) is 2.87. The second-order valence-corrected chi connectivity index (χ2v) is 8.08. The summed E-state index contributed by atoms with van der Waals surface area (Å²) in [7, 11) is -1.07. The summed E-state index contributed by atoms with van der Waals surface area (Å²) in [6.07, 6.45) is 2.69. The Morgan fingerprint density at radius 1 is 1.10 bits per heavy atom. The molecule has 8 nitrogen and oxygen atoms in total. The van der Waals surface area contributed by atoms with Gasteiger partial charge in [-0.2, -0.15) is 0 Å². The lowest BCUT2D eigenvalue weighted by molar-refractivity contribution is -0.114. The van der Waals surface area contributed by atoms with Crippen molar-refractivity contribution in [3.8, 4) is 5.75 Å². The molecule has 0 aliphatic heterocycles. The van der Waals surface area contributed by atoms with Gasteiger partial charge in [-0.1, -0.05) is 17.7 Å². The molecule has 10 heteroatoms. The van der Waals surface area contributed by atoms with Crippen molar-refractivity contribution in [3.05, 3.63) is 53.1 Å². The highest BCUT2D eigenvalue weighted by molar-refractivity contribution is 7.89. The first-order valence-corrected chi connectivity index (χ1v) is 10.2. The van der Waals surface area contributed by atoms with Crippen LogP contribution in [0.15, 0.2) is 47.4 Å². The van der Waals surface area contributed by atoms with Crippen molar-refractivity contribution in [2.45, 2.75) is 11.8 Å². The van der Waals surface area contributed by atoms with Crippen LogP contribution in [0.2, 0.25) is 5.02 Å². The second kappa shape index (κ2) is 9.55. The summed E-state index contributed by atoms with van der Waals surface area (Å²) < 4.78 is 31.5. The lowest BCUT2D eigenvalue weighted by atomic mass is 10.2. The maximum atomic E-state index is 12.2. The first-order chi connectivity index (χ1) is 13.7. The molecule has 2 aromatic carbocycles. The van der Waals surface area contributed by atoms with Crippen molar-refractivity contribution < 1.29 is 22.7 Å². The fourth-order valence-electron chi connectivity index (χ4n) is 2.37. The second-order valence-electron chi connectivity index (χ2n) is 5.82. The van der Waals surface area contributed by atoms with Crippen LogP contribution in [0.5, 0.6) is 5.75 Å². The van der Waals surface area contributed by atoms with Crippen LogP contribution in [0, 0.1) is 0 Å². The van der Waals surface area contributed by atoms with E-state index >= 15 is 0 Å². The quantitative estimate of drug-likeness (QED) is 0.576. The van der Waals surface area contributed by atoms with Gasteiger partial charge in [0.2, 0.25) is 21.8 Å². The molecule has 0 heterocycles. The van der Waals surface area contributed by atoms with Gasteiger partial charge in [0.15, 0.2) is 0 Å². The van der Waals surface area contributed by atoms with E-state index in [1.165, 1.54) is 51.4 Å². The number of nitrogens with one attached hydrogen (secondary N) is 3. The molecular formula is C19H20ClN3O5S. The number of carbonyl (C=O) groups excluding carboxylic acids is 2. The molecule has 0 saturated carbocycles. The molecule has 0 aromatic heterocycles. The molecule has 0 atom stereocenters. The van der Waals surface area contributed by atoms with Gasteiger partial charge in [-0.3, -0.25) is 9.59 Å². The summed E-state index contributed by atoms with van der Waals surface area (Å²) in [6.45, 7) is 1.37. The van der Waals surface area contributed by atoms with Crippen molar-refractivity contribution in [1.29, 1.82) is 0 Å². The lowest BCUT2D eigenvalue weighted by Gasteiger charge is -2.10. The Kier molecular flexibility index (Phi) is 7.38. The van der Waals surface area contributed by atoms with E-state index in [1.54, 1.807) is 18.2 Å². The van der Waals surface area contributed by atoms with Crippen molar-refractivity contribution in [2.24, 2.45) is 0 Å². The number of benzene rings is 2. The minimum atomic E-state index is -3.73. The van der Waals surface area contributed by atoms with Crippen molar-refractivity contribution in [1.82, 2.24) is 4.72 Å². The van der Waals surface area contributed by atoms with E-state index in [2.05, 4.69) is 15.4 Å². The topological polar surface area (TPSA) is 114 Å². The Labute approximate surface area is 174 Å². The molecule has 0 saturated heterocycles. The van der Waals surface area contributed by atoms with Crippen LogP contribution in [0.4, 0.5) is 11.4 Å². The number of hydrogen-bond acceptors (Lipinski definition) is 5. The van der Waals surface area contributed by atoms with Gasteiger partial charge in [-0.15, -0.1) is 0 Å². The van der Waals surface area contributed by atoms with Gasteiger partial charge in [0.25, 0.3) is 0 Å². The Hall–Kier alpha value is -2.88. The molecule has 0 radical (unpaired) electrons. The highest BCUT2D eigenvalue weighted by Gasteiger charge is 2.17. The van der Waals surface area contributed by atoms with Crippen LogP contribution in [-0.4, -0.2) is 34.4 Å². The number of ether oxygens (including phenoxy) is 1. The summed E-state index contributed by atoms with van der Waals surface area (Å²) in [5.41, 5.74) is 1.28. The number of amides is 2. The van der Waals surface area contributed by atoms with Gasteiger partial charge in [0, 0.05) is 18.7 Å². The third kappa shape index (κ3) is 6.05. The molecule has 29 heavy (non-hydrogen) atoms. The van der Waals surface area contributed by atoms with Gasteiger partial charge in [0.05, 0.1) is 17.8 Å². The summed E-state index contributed by atoms with van der Waals surface area (Å²) in [6, 6.07) is 9.18. The van der Waals surface area contributed by atoms with Crippen molar-refractivity contribution in [2.75, 3.05) is 24.8 Å². The van der Waals surface area contributed by atoms with E-state index in [9.17, 15) is 18.0 Å². The number of carbonyl (C=O) groups is 2. The van der Waals surface area contributed by atoms with Crippen LogP contribution < -0.4 is 20.1 Å². The molecule has 3 N–H and O–H groups in total. The summed E-state index contributed by atoms with van der Waals surface area (Å²) >= 11 is 6.08. The van der Waals surface area contributed by atoms with Crippen LogP contribution in [0.3, 0.4) is 0 Å². The zero-order chi connectivity index (χ0) is 21.6. The minimum Gasteiger partial charge on any atom is -0.495 e. The highest BCUT2D eigenvalue weighted by Crippen LogP contribution is 2.27. The van der Waals surface area contributed by atoms with Gasteiger partial charge in [0.1, 0.15) is 10.6 Å². The molecule has 154 valence electrons. The zero-order valence-corrected chi connectivity index (χ0v) is 17.5. The Balaban J connectivity index is 2.21. The van der Waals surface area contributed by atoms with E-state index in [4.69, 9.17) is 16.3 Å². The Morgan fingerprint density at radius 3 is 2.45 bits per heavy atom. The number of rotatable bonds is 7. The van der Waals surface area contributed by atoms with E-state index in [0.717, 1.165) is 0 Å². The smallest absolute Gasteiger partial charge is 0.248 e. The van der Waals surface area contributed by atoms with Gasteiger partial charge < -0.3 is 15.4 Å². The van der Waals surface area contributed by atoms with E-state index < -0.39 is 15.9 Å². The SMILES string of the molecule is CNS(=O)(=O)c1cc(C=CC(=O)Nc2cc(NC(C)=O)ccc2Cl)ccc1OC. The number of halogens is 1. The number of sulfonamides is 1. The minimum absolute atomic E-state index is 0.0453. The summed E-state index contributed by atoms with van der Waals surface area (Å²) in [4.78, 5) is 23.3. The Bertz CT molecular complexity index is 1070. The third-order valence-corrected chi connectivity index (χ3v) is 5.48. The molecule has 0 aliphatic carbocycles. The molecule has 0 spiro atoms. The lowest BCUT2D eigenvalue weighted by Crippen LogP contribution is -2.19. The average molecular weight is 438 g/mol. The first-order valence-electron chi connectivity index (χ1n) is 8.34. The average Bonchev–Trinajstić information content (AvgIpc) is 2.68. The monoisotopic (exact) mass is 437 g/mol. The molecule has 0 fully saturated rings. The van der Waals surface area contributed by atoms with Crippen LogP contribution in [0.1, 0.15) is 12.5 Å². The third-order valence-electron chi connectivity index (χ3n) is 3.72. The van der Waals surface area contributed by atoms with E-state index in [-0.39, 0.29) is 16.6 Å². The van der Waals surface area contributed by atoms with Crippen LogP contribution in [-0.2, 0) is 19.6 Å². The fourth-order valence-corrected chi connectivity index (χ4v) is 3.46. The van der Waals surface area contributed by atoms with E-state index in [0.29, 0.717) is 22.0 Å². The Morgan fingerprint density at radius 2 is 1.83 bits per heavy atom. The summed E-state index contributed by atoms with van der Waals surface area (Å²) in [5, 5.41) is 5.51. The molecule has 0 bridgehead atoms. The maximum absolute atomic E-state index is 12.2. The standard InChI is InChI=1S/C19H20ClN3O5S/c1-12(24)22-14-6-7-15(20)16(11-14)23-19(25)9-5-13-4-8-17(28-3)18(10-13)29(26,27)21-2/h4-11,21H,1-3H3,(H,22,24)(H,23,25). The number of anilines is 2. The maximum Gasteiger partial charge on any atom is 0.248 e. The fraction of sp³-hybridized carbons (Fsp3) is 0.158. The van der Waals surface area contributed by atoms with Crippen molar-refractivity contribution in [3.63, 3.8) is 0 Å². The first kappa shape index (κ1) is 22.4. The van der Waals surface area contributed by atoms with Gasteiger partial charge in [-0.05, 0) is 49.0 Å². The number of hydrogen-bond donors (Lipinski definition) is 3. The molecule has 0 unspecified atom stereocenters. The number of methoxy groups -OCH3 is 1. The highest BCUT2D eigenvalue weighted by atomic mass is 35.5. The van der Waals surface area contributed by atoms with Gasteiger partial charge in [-0.25, -0.2) is 13.1 Å². The molecule has 2 rings (SSSR count). The zero-order valence-electron chi connectivity index (χ0n) is 15.9. The largest absolute Gasteiger partial charge is 0.495 e. The molecular weight excluding hydrogens is 418 g/mol.